The Morgan fingerprint density at radius 1 is 1.45 bits per heavy atom. The van der Waals surface area contributed by atoms with Crippen molar-refractivity contribution in [2.24, 2.45) is 0 Å². The summed E-state index contributed by atoms with van der Waals surface area (Å²) in [4.78, 5) is 12.2. The van der Waals surface area contributed by atoms with Gasteiger partial charge in [0.25, 0.3) is 5.91 Å². The Balaban J connectivity index is 2.17. The molecule has 1 atom stereocenters. The van der Waals surface area contributed by atoms with Crippen LogP contribution >= 0.6 is 27.5 Å². The van der Waals surface area contributed by atoms with E-state index in [1.165, 1.54) is 0 Å². The lowest BCUT2D eigenvalue weighted by Crippen LogP contribution is -2.27. The molecule has 0 fully saturated rings. The Morgan fingerprint density at radius 3 is 2.70 bits per heavy atom. The quantitative estimate of drug-likeness (QED) is 0.895. The van der Waals surface area contributed by atoms with E-state index >= 15 is 0 Å². The minimum absolute atomic E-state index is 0.184. The van der Waals surface area contributed by atoms with E-state index in [0.717, 1.165) is 15.7 Å². The summed E-state index contributed by atoms with van der Waals surface area (Å²) in [6.45, 7) is 5.57. The van der Waals surface area contributed by atoms with Crippen molar-refractivity contribution in [2.45, 2.75) is 26.8 Å². The third-order valence-corrected chi connectivity index (χ3v) is 4.28. The van der Waals surface area contributed by atoms with Crippen molar-refractivity contribution >= 4 is 33.4 Å². The van der Waals surface area contributed by atoms with Gasteiger partial charge in [-0.1, -0.05) is 16.8 Å². The average molecular weight is 358 g/mol. The number of rotatable bonds is 3. The van der Waals surface area contributed by atoms with Crippen LogP contribution in [-0.2, 0) is 0 Å². The zero-order chi connectivity index (χ0) is 14.9. The fraction of sp³-hybridized carbons (Fsp3) is 0.286. The first-order valence-corrected chi connectivity index (χ1v) is 7.26. The van der Waals surface area contributed by atoms with Gasteiger partial charge < -0.3 is 9.84 Å². The van der Waals surface area contributed by atoms with Crippen molar-refractivity contribution in [3.8, 4) is 0 Å². The van der Waals surface area contributed by atoms with Crippen molar-refractivity contribution < 1.29 is 9.32 Å². The zero-order valence-corrected chi connectivity index (χ0v) is 13.7. The van der Waals surface area contributed by atoms with Crippen LogP contribution in [0.3, 0.4) is 0 Å². The SMILES string of the molecule is Cc1noc(C)c1C(C)NC(=O)c1ccc(Br)c(Cl)c1. The van der Waals surface area contributed by atoms with Gasteiger partial charge in [0.05, 0.1) is 16.8 Å². The van der Waals surface area contributed by atoms with Crippen LogP contribution in [0, 0.1) is 13.8 Å². The first-order valence-electron chi connectivity index (χ1n) is 6.09. The minimum Gasteiger partial charge on any atom is -0.361 e. The smallest absolute Gasteiger partial charge is 0.251 e. The largest absolute Gasteiger partial charge is 0.361 e. The summed E-state index contributed by atoms with van der Waals surface area (Å²) in [7, 11) is 0. The molecule has 2 aromatic rings. The molecule has 0 aliphatic heterocycles. The second kappa shape index (κ2) is 5.97. The minimum atomic E-state index is -0.188. The number of nitrogens with zero attached hydrogens (tertiary/aromatic N) is 1. The summed E-state index contributed by atoms with van der Waals surface area (Å²) in [5, 5.41) is 7.31. The lowest BCUT2D eigenvalue weighted by atomic mass is 10.1. The third kappa shape index (κ3) is 3.04. The Kier molecular flexibility index (Phi) is 4.50. The molecule has 1 amide bonds. The van der Waals surface area contributed by atoms with E-state index in [-0.39, 0.29) is 11.9 Å². The van der Waals surface area contributed by atoms with Crippen molar-refractivity contribution in [2.75, 3.05) is 0 Å². The molecule has 0 aliphatic carbocycles. The number of aromatic nitrogens is 1. The molecule has 6 heteroatoms. The number of amides is 1. The number of benzene rings is 1. The summed E-state index contributed by atoms with van der Waals surface area (Å²) < 4.78 is 5.87. The molecule has 0 aliphatic rings. The maximum Gasteiger partial charge on any atom is 0.251 e. The highest BCUT2D eigenvalue weighted by molar-refractivity contribution is 9.10. The second-order valence-corrected chi connectivity index (χ2v) is 5.82. The first kappa shape index (κ1) is 15.1. The van der Waals surface area contributed by atoms with Crippen LogP contribution in [0.25, 0.3) is 0 Å². The molecule has 0 saturated carbocycles. The number of carbonyl (C=O) groups excluding carboxylic acids is 1. The van der Waals surface area contributed by atoms with E-state index in [0.29, 0.717) is 16.3 Å². The van der Waals surface area contributed by atoms with E-state index < -0.39 is 0 Å². The van der Waals surface area contributed by atoms with E-state index in [9.17, 15) is 4.79 Å². The summed E-state index contributed by atoms with van der Waals surface area (Å²) in [5.74, 6) is 0.524. The van der Waals surface area contributed by atoms with Gasteiger partial charge in [-0.25, -0.2) is 0 Å². The predicted molar refractivity (Wildman–Crippen MR) is 81.0 cm³/mol. The van der Waals surface area contributed by atoms with Crippen LogP contribution in [0.5, 0.6) is 0 Å². The highest BCUT2D eigenvalue weighted by Crippen LogP contribution is 2.24. The summed E-state index contributed by atoms with van der Waals surface area (Å²) >= 11 is 9.29. The maximum atomic E-state index is 12.2. The molecule has 0 saturated heterocycles. The fourth-order valence-corrected chi connectivity index (χ4v) is 2.52. The van der Waals surface area contributed by atoms with Crippen LogP contribution in [0.15, 0.2) is 27.2 Å². The standard InChI is InChI=1S/C14H14BrClN2O2/c1-7(13-8(2)18-20-9(13)3)17-14(19)10-4-5-11(15)12(16)6-10/h4-7H,1-3H3,(H,17,19). The average Bonchev–Trinajstić information content (AvgIpc) is 2.72. The highest BCUT2D eigenvalue weighted by Gasteiger charge is 2.19. The number of hydrogen-bond donors (Lipinski definition) is 1. The Hall–Kier alpha value is -1.33. The molecule has 2 rings (SSSR count). The fourth-order valence-electron chi connectivity index (χ4n) is 2.10. The van der Waals surface area contributed by atoms with E-state index in [1.54, 1.807) is 18.2 Å². The van der Waals surface area contributed by atoms with Crippen molar-refractivity contribution in [3.63, 3.8) is 0 Å². The molecule has 4 nitrogen and oxygen atoms in total. The lowest BCUT2D eigenvalue weighted by Gasteiger charge is -2.14. The van der Waals surface area contributed by atoms with Gasteiger partial charge in [0.15, 0.2) is 0 Å². The predicted octanol–water partition coefficient (Wildman–Crippen LogP) is 4.20. The van der Waals surface area contributed by atoms with Crippen molar-refractivity contribution in [1.29, 1.82) is 0 Å². The van der Waals surface area contributed by atoms with Crippen LogP contribution in [-0.4, -0.2) is 11.1 Å². The first-order chi connectivity index (χ1) is 9.40. The summed E-state index contributed by atoms with van der Waals surface area (Å²) in [6.07, 6.45) is 0. The van der Waals surface area contributed by atoms with Crippen molar-refractivity contribution in [3.05, 3.63) is 50.3 Å². The maximum absolute atomic E-state index is 12.2. The molecule has 1 N–H and O–H groups in total. The van der Waals surface area contributed by atoms with Gasteiger partial charge in [0, 0.05) is 15.6 Å². The van der Waals surface area contributed by atoms with E-state index in [4.69, 9.17) is 16.1 Å². The van der Waals surface area contributed by atoms with Crippen LogP contribution in [0.4, 0.5) is 0 Å². The zero-order valence-electron chi connectivity index (χ0n) is 11.3. The molecule has 0 radical (unpaired) electrons. The summed E-state index contributed by atoms with van der Waals surface area (Å²) in [5.41, 5.74) is 2.20. The lowest BCUT2D eigenvalue weighted by molar-refractivity contribution is 0.0939. The van der Waals surface area contributed by atoms with E-state index in [2.05, 4.69) is 26.4 Å². The van der Waals surface area contributed by atoms with Crippen LogP contribution in [0.2, 0.25) is 5.02 Å². The molecule has 106 valence electrons. The Morgan fingerprint density at radius 2 is 2.15 bits per heavy atom. The van der Waals surface area contributed by atoms with Gasteiger partial charge in [-0.2, -0.15) is 0 Å². The molecular weight excluding hydrogens is 344 g/mol. The molecule has 20 heavy (non-hydrogen) atoms. The van der Waals surface area contributed by atoms with Gasteiger partial charge in [-0.15, -0.1) is 0 Å². The van der Waals surface area contributed by atoms with Crippen LogP contribution in [0.1, 0.15) is 40.3 Å². The number of carbonyl (C=O) groups is 1. The molecule has 0 bridgehead atoms. The van der Waals surface area contributed by atoms with Gasteiger partial charge in [-0.05, 0) is 54.9 Å². The molecule has 1 unspecified atom stereocenters. The number of hydrogen-bond acceptors (Lipinski definition) is 3. The molecule has 0 spiro atoms. The highest BCUT2D eigenvalue weighted by atomic mass is 79.9. The molecule has 1 aromatic carbocycles. The molecule has 1 heterocycles. The van der Waals surface area contributed by atoms with Gasteiger partial charge >= 0.3 is 0 Å². The summed E-state index contributed by atoms with van der Waals surface area (Å²) in [6, 6.07) is 4.90. The van der Waals surface area contributed by atoms with Gasteiger partial charge in [0.1, 0.15) is 5.76 Å². The topological polar surface area (TPSA) is 55.1 Å². The Labute approximate surface area is 130 Å². The van der Waals surface area contributed by atoms with E-state index in [1.807, 2.05) is 20.8 Å². The Bertz CT molecular complexity index is 635. The molecule has 1 aromatic heterocycles. The van der Waals surface area contributed by atoms with Crippen molar-refractivity contribution in [1.82, 2.24) is 10.5 Å². The van der Waals surface area contributed by atoms with Gasteiger partial charge in [-0.3, -0.25) is 4.79 Å². The number of halogens is 2. The molecular formula is C14H14BrClN2O2. The third-order valence-electron chi connectivity index (χ3n) is 3.05. The number of nitrogens with one attached hydrogen (secondary N) is 1. The number of aryl methyl sites for hydroxylation is 2. The normalized spacial score (nSPS) is 12.2. The van der Waals surface area contributed by atoms with Crippen LogP contribution < -0.4 is 5.32 Å². The second-order valence-electron chi connectivity index (χ2n) is 4.56. The van der Waals surface area contributed by atoms with Gasteiger partial charge in [0.2, 0.25) is 0 Å². The monoisotopic (exact) mass is 356 g/mol.